The molecular weight excluding hydrogens is 419 g/mol. The molecule has 0 atom stereocenters. The molecule has 0 bridgehead atoms. The summed E-state index contributed by atoms with van der Waals surface area (Å²) in [7, 11) is 0. The molecule has 31 heavy (non-hydrogen) atoms. The molecule has 0 aromatic heterocycles. The Labute approximate surface area is 175 Å². The zero-order chi connectivity index (χ0) is 22.4. The number of nitrogens with one attached hydrogen (secondary N) is 1. The van der Waals surface area contributed by atoms with E-state index in [1.54, 1.807) is 17.0 Å². The van der Waals surface area contributed by atoms with Gasteiger partial charge in [0.25, 0.3) is 5.91 Å². The number of carbonyl (C=O) groups is 2. The number of hydroxylamine groups is 1. The van der Waals surface area contributed by atoms with Gasteiger partial charge in [0.15, 0.2) is 0 Å². The van der Waals surface area contributed by atoms with Gasteiger partial charge in [-0.05, 0) is 29.8 Å². The van der Waals surface area contributed by atoms with Crippen LogP contribution in [-0.4, -0.2) is 54.7 Å². The minimum atomic E-state index is -4.86. The summed E-state index contributed by atoms with van der Waals surface area (Å²) < 4.78 is 47.1. The Kier molecular flexibility index (Phi) is 6.98. The Balaban J connectivity index is 1.89. The number of halogens is 3. The third kappa shape index (κ3) is 6.09. The van der Waals surface area contributed by atoms with Gasteiger partial charge in [-0.25, -0.2) is 10.3 Å². The highest BCUT2D eigenvalue weighted by atomic mass is 19.4. The number of ether oxygens (including phenoxy) is 2. The summed E-state index contributed by atoms with van der Waals surface area (Å²) in [6, 6.07) is 10.9. The first-order valence-corrected chi connectivity index (χ1v) is 9.30. The van der Waals surface area contributed by atoms with E-state index in [9.17, 15) is 22.8 Å². The van der Waals surface area contributed by atoms with Gasteiger partial charge in [0, 0.05) is 30.4 Å². The number of alkyl halides is 3. The van der Waals surface area contributed by atoms with Gasteiger partial charge in [-0.15, -0.1) is 13.2 Å². The van der Waals surface area contributed by atoms with Crippen molar-refractivity contribution in [2.45, 2.75) is 12.9 Å². The van der Waals surface area contributed by atoms with Crippen molar-refractivity contribution in [1.29, 1.82) is 0 Å². The van der Waals surface area contributed by atoms with E-state index in [4.69, 9.17) is 9.94 Å². The number of benzene rings is 2. The van der Waals surface area contributed by atoms with Crippen LogP contribution in [0.4, 0.5) is 23.7 Å². The number of hydrogen-bond acceptors (Lipinski definition) is 5. The number of morpholine rings is 1. The highest BCUT2D eigenvalue weighted by Crippen LogP contribution is 2.28. The van der Waals surface area contributed by atoms with E-state index < -0.39 is 24.1 Å². The van der Waals surface area contributed by atoms with Gasteiger partial charge in [0.1, 0.15) is 5.75 Å². The van der Waals surface area contributed by atoms with Gasteiger partial charge in [0.2, 0.25) is 0 Å². The fourth-order valence-corrected chi connectivity index (χ4v) is 3.05. The van der Waals surface area contributed by atoms with E-state index in [2.05, 4.69) is 4.74 Å². The van der Waals surface area contributed by atoms with Crippen molar-refractivity contribution < 1.29 is 37.4 Å². The molecule has 3 rings (SSSR count). The van der Waals surface area contributed by atoms with E-state index in [0.717, 1.165) is 12.1 Å². The molecule has 0 spiro atoms. The largest absolute Gasteiger partial charge is 0.573 e. The second-order valence-corrected chi connectivity index (χ2v) is 6.65. The molecule has 8 nitrogen and oxygen atoms in total. The Morgan fingerprint density at radius 2 is 1.81 bits per heavy atom. The van der Waals surface area contributed by atoms with E-state index in [-0.39, 0.29) is 17.8 Å². The quantitative estimate of drug-likeness (QED) is 0.552. The van der Waals surface area contributed by atoms with Crippen LogP contribution in [0.3, 0.4) is 0 Å². The fourth-order valence-electron chi connectivity index (χ4n) is 3.05. The molecule has 2 aromatic carbocycles. The maximum absolute atomic E-state index is 13.2. The number of anilines is 1. The van der Waals surface area contributed by atoms with Crippen molar-refractivity contribution in [1.82, 2.24) is 10.4 Å². The maximum Gasteiger partial charge on any atom is 0.573 e. The zero-order valence-corrected chi connectivity index (χ0v) is 16.3. The van der Waals surface area contributed by atoms with Crippen molar-refractivity contribution >= 4 is 17.6 Å². The summed E-state index contributed by atoms with van der Waals surface area (Å²) in [5.74, 6) is -1.13. The van der Waals surface area contributed by atoms with Crippen LogP contribution in [0.25, 0.3) is 0 Å². The Morgan fingerprint density at radius 1 is 1.13 bits per heavy atom. The van der Waals surface area contributed by atoms with Gasteiger partial charge >= 0.3 is 12.4 Å². The maximum atomic E-state index is 13.2. The van der Waals surface area contributed by atoms with Crippen molar-refractivity contribution in [3.8, 4) is 5.75 Å². The summed E-state index contributed by atoms with van der Waals surface area (Å²) in [5.41, 5.74) is 2.57. The lowest BCUT2D eigenvalue weighted by atomic mass is 10.1. The van der Waals surface area contributed by atoms with Gasteiger partial charge in [-0.2, -0.15) is 0 Å². The molecule has 166 valence electrons. The highest BCUT2D eigenvalue weighted by Gasteiger charge is 2.32. The molecule has 0 aliphatic carbocycles. The van der Waals surface area contributed by atoms with Gasteiger partial charge in [-0.1, -0.05) is 18.2 Å². The normalized spacial score (nSPS) is 14.1. The lowest BCUT2D eigenvalue weighted by molar-refractivity contribution is -0.274. The summed E-state index contributed by atoms with van der Waals surface area (Å²) >= 11 is 0. The molecule has 1 heterocycles. The average Bonchev–Trinajstić information content (AvgIpc) is 2.76. The van der Waals surface area contributed by atoms with Crippen LogP contribution in [0.5, 0.6) is 5.75 Å². The van der Waals surface area contributed by atoms with Crippen molar-refractivity contribution in [3.63, 3.8) is 0 Å². The fraction of sp³-hybridized carbons (Fsp3) is 0.300. The number of hydrogen-bond donors (Lipinski definition) is 2. The molecule has 1 aliphatic heterocycles. The van der Waals surface area contributed by atoms with Crippen LogP contribution in [0.15, 0.2) is 48.5 Å². The molecule has 0 unspecified atom stereocenters. The van der Waals surface area contributed by atoms with Crippen molar-refractivity contribution in [3.05, 3.63) is 59.7 Å². The predicted molar refractivity (Wildman–Crippen MR) is 103 cm³/mol. The smallest absolute Gasteiger partial charge is 0.406 e. The second kappa shape index (κ2) is 9.67. The zero-order valence-electron chi connectivity index (χ0n) is 16.3. The summed E-state index contributed by atoms with van der Waals surface area (Å²) in [4.78, 5) is 27.5. The molecule has 2 aromatic rings. The van der Waals surface area contributed by atoms with Gasteiger partial charge in [0.05, 0.1) is 19.8 Å². The molecular formula is C20H20F3N3O5. The van der Waals surface area contributed by atoms with Crippen molar-refractivity contribution in [2.24, 2.45) is 0 Å². The number of nitrogens with zero attached hydrogens (tertiary/aromatic N) is 2. The first-order chi connectivity index (χ1) is 14.8. The molecule has 1 saturated heterocycles. The molecule has 3 amide bonds. The third-order valence-electron chi connectivity index (χ3n) is 4.53. The Morgan fingerprint density at radius 3 is 2.42 bits per heavy atom. The van der Waals surface area contributed by atoms with E-state index in [0.29, 0.717) is 31.9 Å². The minimum absolute atomic E-state index is 0.0344. The average molecular weight is 439 g/mol. The molecule has 0 radical (unpaired) electrons. The van der Waals surface area contributed by atoms with Crippen LogP contribution in [0.1, 0.15) is 15.9 Å². The number of amides is 3. The van der Waals surface area contributed by atoms with E-state index in [1.165, 1.54) is 34.6 Å². The third-order valence-corrected chi connectivity index (χ3v) is 4.53. The standard InChI is InChI=1S/C20H20F3N3O5/c21-20(22,23)31-17-3-1-2-16(12-17)26(19(28)25-8-10-30-11-9-25)13-14-4-6-15(7-5-14)18(27)24-29/h1-7,12,29H,8-11,13H2,(H,24,27). The van der Waals surface area contributed by atoms with E-state index >= 15 is 0 Å². The molecule has 0 saturated carbocycles. The minimum Gasteiger partial charge on any atom is -0.406 e. The van der Waals surface area contributed by atoms with Crippen LogP contribution >= 0.6 is 0 Å². The lowest BCUT2D eigenvalue weighted by Gasteiger charge is -2.33. The number of rotatable bonds is 5. The molecule has 1 fully saturated rings. The number of carbonyl (C=O) groups excluding carboxylic acids is 2. The van der Waals surface area contributed by atoms with Crippen LogP contribution < -0.4 is 15.1 Å². The van der Waals surface area contributed by atoms with Crippen LogP contribution in [-0.2, 0) is 11.3 Å². The predicted octanol–water partition coefficient (Wildman–Crippen LogP) is 3.16. The lowest BCUT2D eigenvalue weighted by Crippen LogP contribution is -2.48. The van der Waals surface area contributed by atoms with Gasteiger partial charge < -0.3 is 14.4 Å². The Hall–Kier alpha value is -3.31. The van der Waals surface area contributed by atoms with Crippen LogP contribution in [0, 0.1) is 0 Å². The first kappa shape index (κ1) is 22.4. The number of urea groups is 1. The van der Waals surface area contributed by atoms with Crippen molar-refractivity contribution in [2.75, 3.05) is 31.2 Å². The summed E-state index contributed by atoms with van der Waals surface area (Å²) in [5, 5.41) is 8.72. The first-order valence-electron chi connectivity index (χ1n) is 9.30. The summed E-state index contributed by atoms with van der Waals surface area (Å²) in [6.45, 7) is 1.46. The Bertz CT molecular complexity index is 915. The van der Waals surface area contributed by atoms with E-state index in [1.807, 2.05) is 0 Å². The molecule has 1 aliphatic rings. The molecule has 2 N–H and O–H groups in total. The highest BCUT2D eigenvalue weighted by molar-refractivity contribution is 5.94. The summed E-state index contributed by atoms with van der Waals surface area (Å²) in [6.07, 6.45) is -4.86. The van der Waals surface area contributed by atoms with Crippen LogP contribution in [0.2, 0.25) is 0 Å². The molecule has 11 heteroatoms. The topological polar surface area (TPSA) is 91.3 Å². The monoisotopic (exact) mass is 439 g/mol. The second-order valence-electron chi connectivity index (χ2n) is 6.65. The SMILES string of the molecule is O=C(NO)c1ccc(CN(C(=O)N2CCOCC2)c2cccc(OC(F)(F)F)c2)cc1. The van der Waals surface area contributed by atoms with Gasteiger partial charge in [-0.3, -0.25) is 14.9 Å².